The van der Waals surface area contributed by atoms with Crippen LogP contribution in [0.4, 0.5) is 0 Å². The van der Waals surface area contributed by atoms with Crippen molar-refractivity contribution in [3.05, 3.63) is 0 Å². The van der Waals surface area contributed by atoms with Crippen LogP contribution in [0.3, 0.4) is 0 Å². The van der Waals surface area contributed by atoms with E-state index < -0.39 is 5.97 Å². The molecule has 4 nitrogen and oxygen atoms in total. The van der Waals surface area contributed by atoms with E-state index in [1.165, 1.54) is 12.8 Å². The summed E-state index contributed by atoms with van der Waals surface area (Å²) in [7, 11) is 0. The van der Waals surface area contributed by atoms with Crippen LogP contribution in [0.2, 0.25) is 0 Å². The minimum atomic E-state index is -0.717. The lowest BCUT2D eigenvalue weighted by atomic mass is 9.72. The average Bonchev–Trinajstić information content (AvgIpc) is 2.16. The molecular formula is C13H23NO3. The molecular weight excluding hydrogens is 218 g/mol. The normalized spacial score (nSPS) is 34.6. The largest absolute Gasteiger partial charge is 0.481 e. The van der Waals surface area contributed by atoms with E-state index in [4.69, 9.17) is 9.84 Å². The van der Waals surface area contributed by atoms with E-state index in [1.54, 1.807) is 0 Å². The van der Waals surface area contributed by atoms with E-state index >= 15 is 0 Å². The van der Waals surface area contributed by atoms with Gasteiger partial charge in [-0.3, -0.25) is 9.69 Å². The van der Waals surface area contributed by atoms with Gasteiger partial charge in [0.15, 0.2) is 0 Å². The van der Waals surface area contributed by atoms with Gasteiger partial charge < -0.3 is 9.84 Å². The number of aliphatic carboxylic acids is 1. The van der Waals surface area contributed by atoms with Gasteiger partial charge in [0, 0.05) is 18.6 Å². The van der Waals surface area contributed by atoms with Gasteiger partial charge in [0.05, 0.1) is 19.6 Å². The lowest BCUT2D eigenvalue weighted by Crippen LogP contribution is -2.56. The molecule has 0 radical (unpaired) electrons. The van der Waals surface area contributed by atoms with Gasteiger partial charge in [-0.25, -0.2) is 0 Å². The number of carboxylic acid groups (broad SMARTS) is 1. The zero-order valence-corrected chi connectivity index (χ0v) is 10.8. The minimum Gasteiger partial charge on any atom is -0.481 e. The Labute approximate surface area is 103 Å². The monoisotopic (exact) mass is 241 g/mol. The van der Waals surface area contributed by atoms with Crippen molar-refractivity contribution in [2.24, 2.45) is 11.8 Å². The molecule has 1 saturated carbocycles. The fourth-order valence-electron chi connectivity index (χ4n) is 2.97. The zero-order chi connectivity index (χ0) is 12.4. The van der Waals surface area contributed by atoms with Crippen LogP contribution < -0.4 is 0 Å². The number of carboxylic acids is 1. The Morgan fingerprint density at radius 2 is 2.18 bits per heavy atom. The van der Waals surface area contributed by atoms with Crippen LogP contribution in [0.1, 0.15) is 33.1 Å². The number of ether oxygens (including phenoxy) is 1. The predicted molar refractivity (Wildman–Crippen MR) is 64.9 cm³/mol. The number of rotatable bonds is 4. The summed E-state index contributed by atoms with van der Waals surface area (Å²) in [6.07, 6.45) is 2.67. The molecule has 0 aromatic carbocycles. The van der Waals surface area contributed by atoms with E-state index in [9.17, 15) is 4.79 Å². The SMILES string of the molecule is CC(C)C1CC(N2CCOCC2CC(=O)O)C1. The second-order valence-electron chi connectivity index (χ2n) is 5.69. The summed E-state index contributed by atoms with van der Waals surface area (Å²) in [6.45, 7) is 6.77. The molecule has 0 aromatic heterocycles. The molecule has 1 atom stereocenters. The number of carbonyl (C=O) groups is 1. The first kappa shape index (κ1) is 12.8. The molecule has 0 aromatic rings. The summed E-state index contributed by atoms with van der Waals surface area (Å²) in [5.41, 5.74) is 0. The highest BCUT2D eigenvalue weighted by Crippen LogP contribution is 2.38. The van der Waals surface area contributed by atoms with Gasteiger partial charge in [-0.05, 0) is 24.7 Å². The van der Waals surface area contributed by atoms with E-state index in [1.807, 2.05) is 0 Å². The molecule has 1 aliphatic heterocycles. The number of morpholine rings is 1. The molecule has 4 heteroatoms. The van der Waals surface area contributed by atoms with Gasteiger partial charge in [0.25, 0.3) is 0 Å². The van der Waals surface area contributed by atoms with Crippen LogP contribution in [-0.2, 0) is 9.53 Å². The van der Waals surface area contributed by atoms with E-state index in [0.29, 0.717) is 12.6 Å². The van der Waals surface area contributed by atoms with Crippen molar-refractivity contribution in [1.29, 1.82) is 0 Å². The lowest BCUT2D eigenvalue weighted by Gasteiger charge is -2.49. The van der Waals surface area contributed by atoms with Crippen molar-refractivity contribution in [2.45, 2.75) is 45.2 Å². The van der Waals surface area contributed by atoms with Crippen molar-refractivity contribution < 1.29 is 14.6 Å². The lowest BCUT2D eigenvalue weighted by molar-refractivity contribution is -0.142. The van der Waals surface area contributed by atoms with E-state index in [0.717, 1.165) is 25.0 Å². The third kappa shape index (κ3) is 2.99. The predicted octanol–water partition coefficient (Wildman–Crippen LogP) is 1.60. The van der Waals surface area contributed by atoms with Gasteiger partial charge in [-0.1, -0.05) is 13.8 Å². The Balaban J connectivity index is 1.87. The molecule has 17 heavy (non-hydrogen) atoms. The van der Waals surface area contributed by atoms with Gasteiger partial charge in [-0.2, -0.15) is 0 Å². The first-order chi connectivity index (χ1) is 8.08. The van der Waals surface area contributed by atoms with Crippen molar-refractivity contribution in [2.75, 3.05) is 19.8 Å². The maximum absolute atomic E-state index is 10.8. The molecule has 1 heterocycles. The van der Waals surface area contributed by atoms with Gasteiger partial charge in [-0.15, -0.1) is 0 Å². The molecule has 1 aliphatic carbocycles. The van der Waals surface area contributed by atoms with Crippen molar-refractivity contribution in [3.63, 3.8) is 0 Å². The van der Waals surface area contributed by atoms with Gasteiger partial charge >= 0.3 is 5.97 Å². The quantitative estimate of drug-likeness (QED) is 0.812. The summed E-state index contributed by atoms with van der Waals surface area (Å²) in [6, 6.07) is 0.676. The first-order valence-electron chi connectivity index (χ1n) is 6.63. The van der Waals surface area contributed by atoms with Gasteiger partial charge in [0.2, 0.25) is 0 Å². The molecule has 2 rings (SSSR count). The van der Waals surface area contributed by atoms with Crippen LogP contribution >= 0.6 is 0 Å². The molecule has 1 unspecified atom stereocenters. The van der Waals surface area contributed by atoms with Crippen molar-refractivity contribution in [3.8, 4) is 0 Å². The Morgan fingerprint density at radius 1 is 1.47 bits per heavy atom. The molecule has 0 bridgehead atoms. The number of nitrogens with zero attached hydrogens (tertiary/aromatic N) is 1. The Bertz CT molecular complexity index is 274. The Hall–Kier alpha value is -0.610. The zero-order valence-electron chi connectivity index (χ0n) is 10.8. The smallest absolute Gasteiger partial charge is 0.305 e. The number of hydrogen-bond acceptors (Lipinski definition) is 3. The van der Waals surface area contributed by atoms with Gasteiger partial charge in [0.1, 0.15) is 0 Å². The molecule has 0 amide bonds. The molecule has 2 aliphatic rings. The van der Waals surface area contributed by atoms with E-state index in [2.05, 4.69) is 18.7 Å². The fraction of sp³-hybridized carbons (Fsp3) is 0.923. The van der Waals surface area contributed by atoms with Crippen LogP contribution in [0.15, 0.2) is 0 Å². The summed E-state index contributed by atoms with van der Waals surface area (Å²) < 4.78 is 5.40. The van der Waals surface area contributed by atoms with Crippen LogP contribution in [-0.4, -0.2) is 47.8 Å². The highest BCUT2D eigenvalue weighted by molar-refractivity contribution is 5.67. The molecule has 1 saturated heterocycles. The maximum atomic E-state index is 10.8. The Kier molecular flexibility index (Phi) is 4.05. The first-order valence-corrected chi connectivity index (χ1v) is 6.63. The summed E-state index contributed by atoms with van der Waals surface area (Å²) in [5.74, 6) is 0.865. The molecule has 98 valence electrons. The number of hydrogen-bond donors (Lipinski definition) is 1. The minimum absolute atomic E-state index is 0.0827. The highest BCUT2D eigenvalue weighted by atomic mass is 16.5. The summed E-state index contributed by atoms with van der Waals surface area (Å²) in [4.78, 5) is 13.2. The topological polar surface area (TPSA) is 49.8 Å². The summed E-state index contributed by atoms with van der Waals surface area (Å²) >= 11 is 0. The molecule has 2 fully saturated rings. The van der Waals surface area contributed by atoms with E-state index in [-0.39, 0.29) is 12.5 Å². The molecule has 0 spiro atoms. The van der Waals surface area contributed by atoms with Crippen LogP contribution in [0.25, 0.3) is 0 Å². The average molecular weight is 241 g/mol. The second-order valence-corrected chi connectivity index (χ2v) is 5.69. The Morgan fingerprint density at radius 3 is 2.76 bits per heavy atom. The van der Waals surface area contributed by atoms with Crippen LogP contribution in [0.5, 0.6) is 0 Å². The molecule has 1 N–H and O–H groups in total. The third-order valence-electron chi connectivity index (χ3n) is 4.24. The maximum Gasteiger partial charge on any atom is 0.305 e. The second kappa shape index (κ2) is 5.36. The fourth-order valence-corrected chi connectivity index (χ4v) is 2.97. The third-order valence-corrected chi connectivity index (χ3v) is 4.24. The van der Waals surface area contributed by atoms with Crippen LogP contribution in [0, 0.1) is 11.8 Å². The summed E-state index contributed by atoms with van der Waals surface area (Å²) in [5, 5.41) is 8.91. The standard InChI is InChI=1S/C13H23NO3/c1-9(2)10-5-11(6-10)14-3-4-17-8-12(14)7-13(15)16/h9-12H,3-8H2,1-2H3,(H,15,16). The van der Waals surface area contributed by atoms with Crippen molar-refractivity contribution >= 4 is 5.97 Å². The van der Waals surface area contributed by atoms with Crippen molar-refractivity contribution in [1.82, 2.24) is 4.90 Å². The highest BCUT2D eigenvalue weighted by Gasteiger charge is 2.39.